The average molecular weight is 1150 g/mol. The maximum Gasteiger partial charge on any atom is 0.367 e. The van der Waals surface area contributed by atoms with Crippen molar-refractivity contribution >= 4 is 93.0 Å². The van der Waals surface area contributed by atoms with Gasteiger partial charge >= 0.3 is 35.1 Å². The molecule has 0 radical (unpaired) electrons. The summed E-state index contributed by atoms with van der Waals surface area (Å²) in [5.41, 5.74) is -1.40. The Kier molecular flexibility index (Phi) is 13.5. The molecule has 14 nitrogen and oxygen atoms in total. The fourth-order valence-electron chi connectivity index (χ4n) is 10.6. The standard InChI is InChI=1S/C68H42O14S2/c69-57-47-27-15-13-25-45(47)49(59(57)71)29-43-31-53-61(83-43)51-34-56-52(33-55(51)81-67(53,63(73)77-35-39-17-5-1-6-18-39)64(74)78-36-40-19-7-2-8-20-40)62-54(32-44(84-62)30-50-46-26-14-16-28-48(46)58(70)60(50)72)68(82-56,65(75)79-37-41-21-9-3-10-22-41)66(76)80-38-42-23-11-4-12-24-42/h1-34H,35-38H2/b49-29-,50-30-. The smallest absolute Gasteiger partial charge is 0.367 e. The molecule has 13 rings (SSSR count). The summed E-state index contributed by atoms with van der Waals surface area (Å²) in [6, 6.07) is 54.4. The summed E-state index contributed by atoms with van der Waals surface area (Å²) < 4.78 is 38.0. The van der Waals surface area contributed by atoms with Crippen LogP contribution in [0.4, 0.5) is 0 Å². The molecule has 0 saturated heterocycles. The van der Waals surface area contributed by atoms with Crippen LogP contribution in [-0.4, -0.2) is 47.0 Å². The third kappa shape index (κ3) is 9.13. The lowest BCUT2D eigenvalue weighted by Crippen LogP contribution is -2.52. The first-order valence-corrected chi connectivity index (χ1v) is 28.0. The van der Waals surface area contributed by atoms with Crippen LogP contribution in [0.1, 0.15) is 75.0 Å². The van der Waals surface area contributed by atoms with E-state index in [-0.39, 0.29) is 92.2 Å². The molecule has 2 aromatic heterocycles. The van der Waals surface area contributed by atoms with Crippen LogP contribution in [0.3, 0.4) is 0 Å². The Balaban J connectivity index is 1.02. The van der Waals surface area contributed by atoms with Crippen LogP contribution in [-0.2, 0) is 85.3 Å². The van der Waals surface area contributed by atoms with Crippen molar-refractivity contribution in [1.82, 2.24) is 0 Å². The maximum absolute atomic E-state index is 15.3. The SMILES string of the molecule is O=C1C(=O)c2ccccc2/C1=C/c1cc2c(s1)-c1cc3c(cc1OC2(C(=O)OCc1ccccc1)C(=O)OCc1ccccc1)-c1sc(/C=C2\C(=O)C(=O)c4ccccc42)cc1C(C(=O)OCc1ccccc1)(C(=O)OCc1ccccc1)O3. The predicted molar refractivity (Wildman–Crippen MR) is 310 cm³/mol. The van der Waals surface area contributed by atoms with Gasteiger partial charge in [0, 0.05) is 64.0 Å². The molecule has 0 amide bonds. The summed E-state index contributed by atoms with van der Waals surface area (Å²) in [6.45, 7) is -1.15. The number of hydrogen-bond acceptors (Lipinski definition) is 16. The number of hydrogen-bond donors (Lipinski definition) is 0. The topological polar surface area (TPSA) is 192 Å². The number of rotatable bonds is 14. The van der Waals surface area contributed by atoms with Gasteiger partial charge in [0.25, 0.3) is 0 Å². The summed E-state index contributed by atoms with van der Waals surface area (Å²) in [6.07, 6.45) is 3.01. The second kappa shape index (κ2) is 21.5. The van der Waals surface area contributed by atoms with Crippen molar-refractivity contribution in [3.63, 3.8) is 0 Å². The molecule has 0 fully saturated rings. The normalized spacial score (nSPS) is 15.6. The highest BCUT2D eigenvalue weighted by molar-refractivity contribution is 7.17. The lowest BCUT2D eigenvalue weighted by molar-refractivity contribution is -0.185. The minimum atomic E-state index is -2.71. The van der Waals surface area contributed by atoms with Gasteiger partial charge in [-0.2, -0.15) is 0 Å². The van der Waals surface area contributed by atoms with Crippen LogP contribution in [0.2, 0.25) is 0 Å². The van der Waals surface area contributed by atoms with Crippen LogP contribution in [0, 0.1) is 0 Å². The van der Waals surface area contributed by atoms with Gasteiger partial charge in [0.05, 0.1) is 0 Å². The molecule has 16 heteroatoms. The number of ketones is 4. The monoisotopic (exact) mass is 1150 g/mol. The number of allylic oxidation sites excluding steroid dienone is 2. The average Bonchev–Trinajstić information content (AvgIpc) is 1.60. The molecule has 84 heavy (non-hydrogen) atoms. The molecule has 0 unspecified atom stereocenters. The molecule has 4 heterocycles. The molecule has 0 atom stereocenters. The first kappa shape index (κ1) is 52.9. The van der Waals surface area contributed by atoms with E-state index in [4.69, 9.17) is 28.4 Å². The van der Waals surface area contributed by atoms with E-state index in [0.29, 0.717) is 43.1 Å². The highest BCUT2D eigenvalue weighted by Crippen LogP contribution is 2.58. The van der Waals surface area contributed by atoms with E-state index in [9.17, 15) is 19.2 Å². The van der Waals surface area contributed by atoms with Gasteiger partial charge in [-0.1, -0.05) is 170 Å². The predicted octanol–water partition coefficient (Wildman–Crippen LogP) is 11.9. The summed E-state index contributed by atoms with van der Waals surface area (Å²) in [5, 5.41) is 0. The Labute approximate surface area is 486 Å². The van der Waals surface area contributed by atoms with Gasteiger partial charge in [-0.15, -0.1) is 22.7 Å². The van der Waals surface area contributed by atoms with E-state index >= 15 is 19.2 Å². The summed E-state index contributed by atoms with van der Waals surface area (Å²) in [5.74, 6) is -7.68. The van der Waals surface area contributed by atoms with Crippen LogP contribution in [0.25, 0.3) is 44.2 Å². The van der Waals surface area contributed by atoms with Crippen molar-refractivity contribution < 1.29 is 66.8 Å². The number of carbonyl (C=O) groups excluding carboxylic acids is 8. The first-order valence-electron chi connectivity index (χ1n) is 26.4. The molecule has 2 aliphatic heterocycles. The Morgan fingerprint density at radius 1 is 0.357 bits per heavy atom. The molecule has 0 bridgehead atoms. The summed E-state index contributed by atoms with van der Waals surface area (Å²) in [7, 11) is 0. The van der Waals surface area contributed by atoms with Crippen molar-refractivity contribution in [2.45, 2.75) is 37.6 Å². The molecule has 4 aliphatic rings. The number of Topliss-reactive ketones (excluding diaryl/α,β-unsaturated/α-hetero) is 4. The Morgan fingerprint density at radius 3 is 0.952 bits per heavy atom. The Bertz CT molecular complexity index is 3920. The lowest BCUT2D eigenvalue weighted by Gasteiger charge is -2.37. The molecule has 0 spiro atoms. The number of thiophene rings is 2. The lowest BCUT2D eigenvalue weighted by atomic mass is 9.85. The fraction of sp³-hybridized carbons (Fsp3) is 0.0882. The number of carbonyl (C=O) groups is 8. The largest absolute Gasteiger partial charge is 0.459 e. The highest BCUT2D eigenvalue weighted by atomic mass is 32.1. The van der Waals surface area contributed by atoms with E-state index < -0.39 is 58.2 Å². The number of esters is 4. The van der Waals surface area contributed by atoms with Crippen LogP contribution >= 0.6 is 22.7 Å². The molecule has 0 N–H and O–H groups in total. The maximum atomic E-state index is 15.3. The Hall–Kier alpha value is -10.4. The number of fused-ring (bicyclic) bond motifs is 8. The molecule has 410 valence electrons. The first-order chi connectivity index (χ1) is 40.9. The third-order valence-corrected chi connectivity index (χ3v) is 17.0. The van der Waals surface area contributed by atoms with Gasteiger partial charge in [0.1, 0.15) is 37.9 Å². The summed E-state index contributed by atoms with van der Waals surface area (Å²) >= 11 is 2.09. The summed E-state index contributed by atoms with van der Waals surface area (Å²) in [4.78, 5) is 117. The number of benzene rings is 7. The van der Waals surface area contributed by atoms with Crippen molar-refractivity contribution in [3.8, 4) is 32.4 Å². The molecular weight excluding hydrogens is 1100 g/mol. The van der Waals surface area contributed by atoms with E-state index in [1.54, 1.807) is 170 Å². The second-order valence-electron chi connectivity index (χ2n) is 20.0. The van der Waals surface area contributed by atoms with Crippen LogP contribution < -0.4 is 9.47 Å². The van der Waals surface area contributed by atoms with Gasteiger partial charge < -0.3 is 28.4 Å². The van der Waals surface area contributed by atoms with Gasteiger partial charge in [-0.25, -0.2) is 19.2 Å². The third-order valence-electron chi connectivity index (χ3n) is 14.8. The number of ether oxygens (including phenoxy) is 6. The molecular formula is C68H42O14S2. The van der Waals surface area contributed by atoms with Crippen LogP contribution in [0.15, 0.2) is 194 Å². The zero-order chi connectivity index (χ0) is 57.7. The zero-order valence-electron chi connectivity index (χ0n) is 44.0. The van der Waals surface area contributed by atoms with E-state index in [2.05, 4.69) is 0 Å². The van der Waals surface area contributed by atoms with Crippen molar-refractivity contribution in [2.75, 3.05) is 0 Å². The molecule has 0 saturated carbocycles. The van der Waals surface area contributed by atoms with E-state index in [1.807, 2.05) is 0 Å². The van der Waals surface area contributed by atoms with Crippen molar-refractivity contribution in [3.05, 3.63) is 260 Å². The van der Waals surface area contributed by atoms with Gasteiger partial charge in [-0.3, -0.25) is 19.2 Å². The fourth-order valence-corrected chi connectivity index (χ4v) is 13.0. The van der Waals surface area contributed by atoms with Crippen LogP contribution in [0.5, 0.6) is 11.5 Å². The zero-order valence-corrected chi connectivity index (χ0v) is 45.6. The molecule has 2 aliphatic carbocycles. The highest BCUT2D eigenvalue weighted by Gasteiger charge is 2.61. The minimum absolute atomic E-state index is 0.0543. The van der Waals surface area contributed by atoms with Gasteiger partial charge in [0.15, 0.2) is 0 Å². The Morgan fingerprint density at radius 2 is 0.643 bits per heavy atom. The van der Waals surface area contributed by atoms with Crippen molar-refractivity contribution in [2.24, 2.45) is 0 Å². The quantitative estimate of drug-likeness (QED) is 0.0328. The second-order valence-corrected chi connectivity index (χ2v) is 22.1. The van der Waals surface area contributed by atoms with Gasteiger partial charge in [-0.05, 0) is 69.8 Å². The molecule has 7 aromatic carbocycles. The van der Waals surface area contributed by atoms with Gasteiger partial charge in [0.2, 0.25) is 23.1 Å². The van der Waals surface area contributed by atoms with Crippen molar-refractivity contribution in [1.29, 1.82) is 0 Å². The van der Waals surface area contributed by atoms with E-state index in [0.717, 1.165) is 22.7 Å². The minimum Gasteiger partial charge on any atom is -0.459 e. The van der Waals surface area contributed by atoms with E-state index in [1.165, 1.54) is 36.4 Å². The molecule has 9 aromatic rings.